The number of hydrogen-bond acceptors (Lipinski definition) is 8. The van der Waals surface area contributed by atoms with Crippen molar-refractivity contribution < 1.29 is 38.7 Å². The maximum Gasteiger partial charge on any atom is 0.342 e. The lowest BCUT2D eigenvalue weighted by Gasteiger charge is -2.43. The van der Waals surface area contributed by atoms with Crippen molar-refractivity contribution in [1.82, 2.24) is 0 Å². The normalized spacial score (nSPS) is 62.1. The van der Waals surface area contributed by atoms with Gasteiger partial charge in [-0.05, 0) is 19.3 Å². The van der Waals surface area contributed by atoms with E-state index in [1.807, 2.05) is 6.92 Å². The van der Waals surface area contributed by atoms with E-state index in [9.17, 15) is 19.8 Å². The van der Waals surface area contributed by atoms with E-state index in [1.165, 1.54) is 0 Å². The van der Waals surface area contributed by atoms with Gasteiger partial charge in [-0.3, -0.25) is 4.79 Å². The molecular formula is C19H22O8. The zero-order valence-electron chi connectivity index (χ0n) is 15.1. The predicted octanol–water partition coefficient (Wildman–Crippen LogP) is -0.337. The largest absolute Gasteiger partial charge is 0.459 e. The standard InChI is InChI=1S/C19H22O8/c1-7(2)9-4-10-17-12(21)13-18(23,8(3)6-24-13)19(17,14(22)25-10)27-15-16(9,17)5-11(20)26-15/h8-10,12-13,15,21,23H,1,4-6H2,2-3H3/t8-,9+,10?,12+,13?,15?,16?,17?,18-,19?/m1/s1. The molecule has 2 spiro atoms. The number of aliphatic hydroxyl groups is 2. The fraction of sp³-hybridized carbons (Fsp3) is 0.789. The van der Waals surface area contributed by atoms with Crippen molar-refractivity contribution in [3.63, 3.8) is 0 Å². The molecule has 8 heteroatoms. The molecule has 6 aliphatic rings. The number of ether oxygens (including phenoxy) is 4. The van der Waals surface area contributed by atoms with Gasteiger partial charge in [0.1, 0.15) is 17.8 Å². The van der Waals surface area contributed by atoms with E-state index in [2.05, 4.69) is 6.58 Å². The topological polar surface area (TPSA) is 112 Å². The SMILES string of the molecule is C=C(C)[C@@H]1CC2OC(=O)C34OC5OC(=O)CC51C23[C@@H](O)C1OC[C@@H](C)[C@@]14O. The van der Waals surface area contributed by atoms with Crippen LogP contribution in [0.15, 0.2) is 12.2 Å². The third-order valence-electron chi connectivity index (χ3n) is 8.47. The first-order chi connectivity index (χ1) is 12.7. The molecule has 0 bridgehead atoms. The molecule has 2 N–H and O–H groups in total. The van der Waals surface area contributed by atoms with Crippen LogP contribution in [0.25, 0.3) is 0 Å². The van der Waals surface area contributed by atoms with Crippen molar-refractivity contribution >= 4 is 11.9 Å². The van der Waals surface area contributed by atoms with Crippen LogP contribution in [0, 0.1) is 22.7 Å². The second kappa shape index (κ2) is 4.25. The van der Waals surface area contributed by atoms with E-state index in [0.717, 1.165) is 5.57 Å². The smallest absolute Gasteiger partial charge is 0.342 e. The molecule has 0 aromatic rings. The van der Waals surface area contributed by atoms with Gasteiger partial charge >= 0.3 is 11.9 Å². The zero-order valence-corrected chi connectivity index (χ0v) is 15.1. The Bertz CT molecular complexity index is 825. The Morgan fingerprint density at radius 2 is 2.04 bits per heavy atom. The number of hydrogen-bond donors (Lipinski definition) is 2. The summed E-state index contributed by atoms with van der Waals surface area (Å²) in [6, 6.07) is 0. The van der Waals surface area contributed by atoms with Gasteiger partial charge in [-0.15, -0.1) is 0 Å². The molecule has 0 aromatic heterocycles. The molecule has 27 heavy (non-hydrogen) atoms. The predicted molar refractivity (Wildman–Crippen MR) is 85.8 cm³/mol. The van der Waals surface area contributed by atoms with E-state index >= 15 is 0 Å². The van der Waals surface area contributed by atoms with E-state index in [0.29, 0.717) is 6.42 Å². The summed E-state index contributed by atoms with van der Waals surface area (Å²) in [6.07, 6.45) is -3.55. The summed E-state index contributed by atoms with van der Waals surface area (Å²) in [6.45, 7) is 7.90. The first-order valence-electron chi connectivity index (χ1n) is 9.45. The number of fused-ring (bicyclic) bond motifs is 1. The summed E-state index contributed by atoms with van der Waals surface area (Å²) in [5.41, 5.74) is -5.10. The molecule has 4 aliphatic heterocycles. The number of allylic oxidation sites excluding steroid dienone is 1. The van der Waals surface area contributed by atoms with Crippen LogP contribution < -0.4 is 0 Å². The quantitative estimate of drug-likeness (QED) is 0.471. The Morgan fingerprint density at radius 1 is 1.30 bits per heavy atom. The highest BCUT2D eigenvalue weighted by atomic mass is 16.7. The molecule has 146 valence electrons. The molecule has 10 atom stereocenters. The molecule has 8 nitrogen and oxygen atoms in total. The van der Waals surface area contributed by atoms with Gasteiger partial charge in [0, 0.05) is 5.92 Å². The minimum absolute atomic E-state index is 0.0156. The van der Waals surface area contributed by atoms with Gasteiger partial charge in [-0.25, -0.2) is 4.79 Å². The molecule has 0 aromatic carbocycles. The lowest BCUT2D eigenvalue weighted by atomic mass is 9.54. The molecular weight excluding hydrogens is 356 g/mol. The lowest BCUT2D eigenvalue weighted by molar-refractivity contribution is -0.238. The maximum atomic E-state index is 13.2. The Balaban J connectivity index is 1.71. The van der Waals surface area contributed by atoms with E-state index in [-0.39, 0.29) is 18.9 Å². The molecule has 0 amide bonds. The Labute approximate surface area is 155 Å². The van der Waals surface area contributed by atoms with Crippen LogP contribution in [0.2, 0.25) is 0 Å². The lowest BCUT2D eigenvalue weighted by Crippen LogP contribution is -2.65. The molecule has 4 saturated heterocycles. The van der Waals surface area contributed by atoms with Gasteiger partial charge in [0.15, 0.2) is 0 Å². The van der Waals surface area contributed by atoms with Crippen LogP contribution in [-0.2, 0) is 28.5 Å². The monoisotopic (exact) mass is 378 g/mol. The first kappa shape index (κ1) is 16.5. The summed E-state index contributed by atoms with van der Waals surface area (Å²) in [5, 5.41) is 23.3. The van der Waals surface area contributed by atoms with Crippen LogP contribution in [-0.4, -0.2) is 64.6 Å². The minimum atomic E-state index is -1.82. The second-order valence-electron chi connectivity index (χ2n) is 9.16. The summed E-state index contributed by atoms with van der Waals surface area (Å²) < 4.78 is 23.2. The summed E-state index contributed by atoms with van der Waals surface area (Å²) >= 11 is 0. The van der Waals surface area contributed by atoms with Crippen LogP contribution in [0.1, 0.15) is 26.7 Å². The van der Waals surface area contributed by atoms with Gasteiger partial charge in [-0.1, -0.05) is 19.1 Å². The number of aliphatic hydroxyl groups excluding tert-OH is 1. The number of esters is 2. The third-order valence-corrected chi connectivity index (χ3v) is 8.47. The van der Waals surface area contributed by atoms with Crippen LogP contribution in [0.5, 0.6) is 0 Å². The molecule has 4 heterocycles. The van der Waals surface area contributed by atoms with Gasteiger partial charge < -0.3 is 29.2 Å². The number of rotatable bonds is 1. The van der Waals surface area contributed by atoms with Crippen LogP contribution in [0.4, 0.5) is 0 Å². The Kier molecular flexibility index (Phi) is 2.59. The maximum absolute atomic E-state index is 13.2. The van der Waals surface area contributed by atoms with Gasteiger partial charge in [0.2, 0.25) is 11.9 Å². The zero-order chi connectivity index (χ0) is 19.1. The average Bonchev–Trinajstić information content (AvgIpc) is 3.30. The molecule has 6 rings (SSSR count). The number of carbonyl (C=O) groups excluding carboxylic acids is 2. The summed E-state index contributed by atoms with van der Waals surface area (Å²) in [4.78, 5) is 25.6. The molecule has 2 aliphatic carbocycles. The van der Waals surface area contributed by atoms with Crippen LogP contribution >= 0.6 is 0 Å². The van der Waals surface area contributed by atoms with Crippen molar-refractivity contribution in [1.29, 1.82) is 0 Å². The van der Waals surface area contributed by atoms with E-state index < -0.39 is 64.5 Å². The van der Waals surface area contributed by atoms with Gasteiger partial charge in [-0.2, -0.15) is 0 Å². The fourth-order valence-electron chi connectivity index (χ4n) is 7.73. The molecule has 0 radical (unpaired) electrons. The van der Waals surface area contributed by atoms with Gasteiger partial charge in [0.05, 0.1) is 30.0 Å². The van der Waals surface area contributed by atoms with Crippen molar-refractivity contribution in [2.45, 2.75) is 62.5 Å². The fourth-order valence-corrected chi connectivity index (χ4v) is 7.73. The highest BCUT2D eigenvalue weighted by Crippen LogP contribution is 2.83. The van der Waals surface area contributed by atoms with E-state index in [4.69, 9.17) is 18.9 Å². The van der Waals surface area contributed by atoms with Gasteiger partial charge in [0.25, 0.3) is 0 Å². The molecule has 2 saturated carbocycles. The highest BCUT2D eigenvalue weighted by molar-refractivity contribution is 5.90. The van der Waals surface area contributed by atoms with Crippen LogP contribution in [0.3, 0.4) is 0 Å². The number of carbonyl (C=O) groups is 2. The second-order valence-corrected chi connectivity index (χ2v) is 9.16. The Hall–Kier alpha value is -1.48. The van der Waals surface area contributed by atoms with Crippen molar-refractivity contribution in [2.75, 3.05) is 6.61 Å². The Morgan fingerprint density at radius 3 is 2.74 bits per heavy atom. The van der Waals surface area contributed by atoms with Crippen molar-refractivity contribution in [3.8, 4) is 0 Å². The summed E-state index contributed by atoms with van der Waals surface area (Å²) in [7, 11) is 0. The molecule has 6 fully saturated rings. The average molecular weight is 378 g/mol. The molecule has 6 unspecified atom stereocenters. The van der Waals surface area contributed by atoms with Crippen molar-refractivity contribution in [3.05, 3.63) is 12.2 Å². The first-order valence-corrected chi connectivity index (χ1v) is 9.45. The highest BCUT2D eigenvalue weighted by Gasteiger charge is 3.01. The third kappa shape index (κ3) is 1.18. The summed E-state index contributed by atoms with van der Waals surface area (Å²) in [5.74, 6) is -1.85. The van der Waals surface area contributed by atoms with E-state index in [1.54, 1.807) is 6.92 Å². The van der Waals surface area contributed by atoms with Crippen molar-refractivity contribution in [2.24, 2.45) is 22.7 Å². The minimum Gasteiger partial charge on any atom is -0.459 e.